The van der Waals surface area contributed by atoms with Crippen LogP contribution >= 0.6 is 0 Å². The molecule has 0 radical (unpaired) electrons. The average Bonchev–Trinajstić information content (AvgIpc) is 2.98. The smallest absolute Gasteiger partial charge is 0.119 e. The SMILES string of the molecule is COc1ccc2c(c1)c(C(C)C#N)cn2CCc1ccccc1. The zero-order valence-electron chi connectivity index (χ0n) is 13.5. The Morgan fingerprint density at radius 2 is 1.96 bits per heavy atom. The van der Waals surface area contributed by atoms with E-state index in [1.165, 1.54) is 5.56 Å². The van der Waals surface area contributed by atoms with E-state index in [0.717, 1.165) is 35.2 Å². The minimum absolute atomic E-state index is 0.136. The normalized spacial score (nSPS) is 12.0. The number of benzene rings is 2. The predicted molar refractivity (Wildman–Crippen MR) is 92.7 cm³/mol. The average molecular weight is 304 g/mol. The summed E-state index contributed by atoms with van der Waals surface area (Å²) in [7, 11) is 1.67. The van der Waals surface area contributed by atoms with Crippen molar-refractivity contribution in [2.24, 2.45) is 0 Å². The Morgan fingerprint density at radius 3 is 2.65 bits per heavy atom. The maximum Gasteiger partial charge on any atom is 0.119 e. The highest BCUT2D eigenvalue weighted by Gasteiger charge is 2.14. The minimum atomic E-state index is -0.136. The van der Waals surface area contributed by atoms with Gasteiger partial charge in [0.15, 0.2) is 0 Å². The number of fused-ring (bicyclic) bond motifs is 1. The van der Waals surface area contributed by atoms with Crippen LogP contribution in [-0.2, 0) is 13.0 Å². The molecule has 23 heavy (non-hydrogen) atoms. The molecule has 0 aliphatic carbocycles. The minimum Gasteiger partial charge on any atom is -0.497 e. The third-order valence-corrected chi connectivity index (χ3v) is 4.26. The second-order valence-corrected chi connectivity index (χ2v) is 5.75. The number of aromatic nitrogens is 1. The number of hydrogen-bond donors (Lipinski definition) is 0. The first-order valence-electron chi connectivity index (χ1n) is 7.83. The maximum atomic E-state index is 9.30. The molecule has 0 bridgehead atoms. The number of ether oxygens (including phenoxy) is 1. The molecule has 3 heteroatoms. The van der Waals surface area contributed by atoms with Gasteiger partial charge in [-0.05, 0) is 42.7 Å². The molecule has 0 spiro atoms. The Labute approximate surface area is 136 Å². The highest BCUT2D eigenvalue weighted by Crippen LogP contribution is 2.30. The van der Waals surface area contributed by atoms with Gasteiger partial charge in [-0.2, -0.15) is 5.26 Å². The number of methoxy groups -OCH3 is 1. The standard InChI is InChI=1S/C20H20N2O/c1-15(13-21)19-14-22(11-10-16-6-4-3-5-7-16)20-9-8-17(23-2)12-18(19)20/h3-9,12,14-15H,10-11H2,1-2H3. The molecule has 0 fully saturated rings. The van der Waals surface area contributed by atoms with Crippen LogP contribution in [0.15, 0.2) is 54.7 Å². The van der Waals surface area contributed by atoms with E-state index >= 15 is 0 Å². The lowest BCUT2D eigenvalue weighted by Gasteiger charge is -2.06. The lowest BCUT2D eigenvalue weighted by Crippen LogP contribution is -1.99. The van der Waals surface area contributed by atoms with E-state index < -0.39 is 0 Å². The van der Waals surface area contributed by atoms with Gasteiger partial charge in [0.1, 0.15) is 5.75 Å². The molecule has 116 valence electrons. The Kier molecular flexibility index (Phi) is 4.34. The van der Waals surface area contributed by atoms with E-state index in [9.17, 15) is 5.26 Å². The Bertz CT molecular complexity index is 843. The lowest BCUT2D eigenvalue weighted by molar-refractivity contribution is 0.415. The van der Waals surface area contributed by atoms with Crippen LogP contribution in [0.5, 0.6) is 5.75 Å². The van der Waals surface area contributed by atoms with Crippen LogP contribution in [-0.4, -0.2) is 11.7 Å². The highest BCUT2D eigenvalue weighted by molar-refractivity contribution is 5.86. The summed E-state index contributed by atoms with van der Waals surface area (Å²) in [5.41, 5.74) is 3.53. The quantitative estimate of drug-likeness (QED) is 0.695. The molecule has 0 aliphatic heterocycles. The first-order chi connectivity index (χ1) is 11.2. The van der Waals surface area contributed by atoms with E-state index in [-0.39, 0.29) is 5.92 Å². The van der Waals surface area contributed by atoms with Crippen molar-refractivity contribution in [1.29, 1.82) is 5.26 Å². The van der Waals surface area contributed by atoms with E-state index in [0.29, 0.717) is 0 Å². The van der Waals surface area contributed by atoms with Crippen LogP contribution in [0.1, 0.15) is 24.0 Å². The summed E-state index contributed by atoms with van der Waals surface area (Å²) in [6.07, 6.45) is 3.08. The van der Waals surface area contributed by atoms with Gasteiger partial charge < -0.3 is 9.30 Å². The molecule has 3 rings (SSSR count). The van der Waals surface area contributed by atoms with Crippen molar-refractivity contribution in [1.82, 2.24) is 4.57 Å². The van der Waals surface area contributed by atoms with Crippen molar-refractivity contribution in [2.75, 3.05) is 7.11 Å². The van der Waals surface area contributed by atoms with Gasteiger partial charge in [-0.25, -0.2) is 0 Å². The molecule has 1 aromatic heterocycles. The maximum absolute atomic E-state index is 9.30. The van der Waals surface area contributed by atoms with Crippen LogP contribution in [0.3, 0.4) is 0 Å². The van der Waals surface area contributed by atoms with Gasteiger partial charge in [0.2, 0.25) is 0 Å². The van der Waals surface area contributed by atoms with Gasteiger partial charge in [0.25, 0.3) is 0 Å². The number of nitrogens with zero attached hydrogens (tertiary/aromatic N) is 2. The van der Waals surface area contributed by atoms with Gasteiger partial charge >= 0.3 is 0 Å². The van der Waals surface area contributed by atoms with E-state index in [4.69, 9.17) is 4.74 Å². The summed E-state index contributed by atoms with van der Waals surface area (Å²) in [5.74, 6) is 0.687. The predicted octanol–water partition coefficient (Wildman–Crippen LogP) is 4.52. The Morgan fingerprint density at radius 1 is 1.17 bits per heavy atom. The number of hydrogen-bond acceptors (Lipinski definition) is 2. The van der Waals surface area contributed by atoms with Crippen LogP contribution in [0, 0.1) is 11.3 Å². The van der Waals surface area contributed by atoms with Crippen molar-refractivity contribution in [2.45, 2.75) is 25.8 Å². The molecule has 1 unspecified atom stereocenters. The zero-order valence-corrected chi connectivity index (χ0v) is 13.5. The van der Waals surface area contributed by atoms with E-state index in [1.807, 2.05) is 25.1 Å². The van der Waals surface area contributed by atoms with Crippen LogP contribution in [0.4, 0.5) is 0 Å². The highest BCUT2D eigenvalue weighted by atomic mass is 16.5. The molecule has 1 atom stereocenters. The largest absolute Gasteiger partial charge is 0.497 e. The molecule has 0 aliphatic rings. The molecule has 0 saturated heterocycles. The molecular weight excluding hydrogens is 284 g/mol. The molecule has 3 nitrogen and oxygen atoms in total. The molecular formula is C20H20N2O. The van der Waals surface area contributed by atoms with Gasteiger partial charge in [0.05, 0.1) is 19.1 Å². The van der Waals surface area contributed by atoms with Crippen molar-refractivity contribution >= 4 is 10.9 Å². The molecule has 2 aromatic carbocycles. The number of rotatable bonds is 5. The van der Waals surface area contributed by atoms with Crippen molar-refractivity contribution in [3.8, 4) is 11.8 Å². The van der Waals surface area contributed by atoms with Crippen LogP contribution in [0.2, 0.25) is 0 Å². The zero-order chi connectivity index (χ0) is 16.2. The Hall–Kier alpha value is -2.73. The van der Waals surface area contributed by atoms with Crippen molar-refractivity contribution in [3.05, 3.63) is 65.9 Å². The molecule has 0 N–H and O–H groups in total. The third kappa shape index (κ3) is 3.07. The first-order valence-corrected chi connectivity index (χ1v) is 7.83. The molecule has 1 heterocycles. The van der Waals surface area contributed by atoms with Gasteiger partial charge in [0, 0.05) is 23.6 Å². The van der Waals surface area contributed by atoms with Crippen LogP contribution < -0.4 is 4.74 Å². The summed E-state index contributed by atoms with van der Waals surface area (Å²) in [6, 6.07) is 18.9. The van der Waals surface area contributed by atoms with E-state index in [2.05, 4.69) is 47.2 Å². The fourth-order valence-corrected chi connectivity index (χ4v) is 2.92. The van der Waals surface area contributed by atoms with Crippen molar-refractivity contribution in [3.63, 3.8) is 0 Å². The van der Waals surface area contributed by atoms with Crippen LogP contribution in [0.25, 0.3) is 10.9 Å². The number of nitriles is 1. The topological polar surface area (TPSA) is 37.9 Å². The lowest BCUT2D eigenvalue weighted by atomic mass is 10.0. The number of aryl methyl sites for hydroxylation is 2. The second-order valence-electron chi connectivity index (χ2n) is 5.75. The molecule has 3 aromatic rings. The monoisotopic (exact) mass is 304 g/mol. The summed E-state index contributed by atoms with van der Waals surface area (Å²) in [6.45, 7) is 2.83. The van der Waals surface area contributed by atoms with E-state index in [1.54, 1.807) is 7.11 Å². The summed E-state index contributed by atoms with van der Waals surface area (Å²) < 4.78 is 7.58. The van der Waals surface area contributed by atoms with Crippen molar-refractivity contribution < 1.29 is 4.74 Å². The summed E-state index contributed by atoms with van der Waals surface area (Å²) in [4.78, 5) is 0. The van der Waals surface area contributed by atoms with Gasteiger partial charge in [-0.15, -0.1) is 0 Å². The fourth-order valence-electron chi connectivity index (χ4n) is 2.92. The Balaban J connectivity index is 1.98. The molecule has 0 amide bonds. The van der Waals surface area contributed by atoms with Gasteiger partial charge in [-0.1, -0.05) is 30.3 Å². The molecule has 0 saturated carbocycles. The second kappa shape index (κ2) is 6.58. The third-order valence-electron chi connectivity index (χ3n) is 4.26. The van der Waals surface area contributed by atoms with Gasteiger partial charge in [-0.3, -0.25) is 0 Å². The fraction of sp³-hybridized carbons (Fsp3) is 0.250. The summed E-state index contributed by atoms with van der Waals surface area (Å²) in [5, 5.41) is 10.4. The summed E-state index contributed by atoms with van der Waals surface area (Å²) >= 11 is 0. The first kappa shape index (κ1) is 15.2.